The van der Waals surface area contributed by atoms with Gasteiger partial charge in [-0.15, -0.1) is 0 Å². The fraction of sp³-hybridized carbons (Fsp3) is 0.214. The highest BCUT2D eigenvalue weighted by Crippen LogP contribution is 2.25. The zero-order valence-electron chi connectivity index (χ0n) is 9.90. The maximum Gasteiger partial charge on any atom is 0.0846 e. The van der Waals surface area contributed by atoms with Crippen LogP contribution in [0.25, 0.3) is 0 Å². The second kappa shape index (κ2) is 5.99. The highest BCUT2D eigenvalue weighted by Gasteiger charge is 2.12. The summed E-state index contributed by atoms with van der Waals surface area (Å²) < 4.78 is 0.985. The average molecular weight is 374 g/mol. The van der Waals surface area contributed by atoms with Crippen LogP contribution in [0.15, 0.2) is 36.5 Å². The number of halogens is 2. The summed E-state index contributed by atoms with van der Waals surface area (Å²) in [7, 11) is 0. The minimum atomic E-state index is -0.576. The Morgan fingerprint density at radius 3 is 2.83 bits per heavy atom. The van der Waals surface area contributed by atoms with E-state index >= 15 is 0 Å². The molecule has 4 heteroatoms. The zero-order valence-corrected chi connectivity index (χ0v) is 12.8. The first kappa shape index (κ1) is 13.8. The van der Waals surface area contributed by atoms with Gasteiger partial charge in [0, 0.05) is 21.9 Å². The number of aryl methyl sites for hydroxylation is 1. The Morgan fingerprint density at radius 2 is 2.17 bits per heavy atom. The quantitative estimate of drug-likeness (QED) is 0.827. The molecule has 0 amide bonds. The first-order valence-electron chi connectivity index (χ1n) is 5.61. The van der Waals surface area contributed by atoms with Crippen LogP contribution in [0.1, 0.15) is 22.9 Å². The molecule has 94 valence electrons. The zero-order chi connectivity index (χ0) is 13.1. The molecule has 1 N–H and O–H groups in total. The van der Waals surface area contributed by atoms with E-state index in [2.05, 4.69) is 27.6 Å². The van der Waals surface area contributed by atoms with Gasteiger partial charge in [-0.1, -0.05) is 23.7 Å². The Hall–Kier alpha value is -0.650. The van der Waals surface area contributed by atoms with Crippen molar-refractivity contribution in [3.05, 3.63) is 61.9 Å². The molecule has 1 aromatic heterocycles. The van der Waals surface area contributed by atoms with E-state index < -0.39 is 6.10 Å². The summed E-state index contributed by atoms with van der Waals surface area (Å²) in [6.07, 6.45) is 1.67. The largest absolute Gasteiger partial charge is 0.388 e. The normalized spacial score (nSPS) is 12.4. The van der Waals surface area contributed by atoms with Crippen LogP contribution in [0.5, 0.6) is 0 Å². The molecule has 0 aliphatic rings. The van der Waals surface area contributed by atoms with E-state index in [0.29, 0.717) is 11.4 Å². The Kier molecular flexibility index (Phi) is 4.59. The van der Waals surface area contributed by atoms with Gasteiger partial charge in [0.05, 0.1) is 11.1 Å². The number of pyridine rings is 1. The lowest BCUT2D eigenvalue weighted by molar-refractivity contribution is 0.177. The second-order valence-electron chi connectivity index (χ2n) is 4.16. The number of benzene rings is 1. The molecule has 18 heavy (non-hydrogen) atoms. The van der Waals surface area contributed by atoms with Crippen molar-refractivity contribution >= 4 is 34.2 Å². The molecular formula is C14H13ClINO. The van der Waals surface area contributed by atoms with Crippen molar-refractivity contribution in [2.75, 3.05) is 0 Å². The third kappa shape index (κ3) is 3.22. The molecule has 1 aromatic carbocycles. The van der Waals surface area contributed by atoms with Gasteiger partial charge in [-0.25, -0.2) is 0 Å². The van der Waals surface area contributed by atoms with Gasteiger partial charge in [-0.05, 0) is 58.8 Å². The fourth-order valence-electron chi connectivity index (χ4n) is 1.75. The molecule has 0 saturated heterocycles. The molecule has 0 aliphatic carbocycles. The number of aliphatic hydroxyl groups excluding tert-OH is 1. The van der Waals surface area contributed by atoms with Crippen molar-refractivity contribution in [1.82, 2.24) is 4.98 Å². The molecule has 2 nitrogen and oxygen atoms in total. The SMILES string of the molecule is Cc1cccnc1CC(O)c1ccc(I)c(Cl)c1. The number of aromatic nitrogens is 1. The van der Waals surface area contributed by atoms with Crippen molar-refractivity contribution in [3.8, 4) is 0 Å². The standard InChI is InChI=1S/C14H13ClINO/c1-9-3-2-6-17-13(9)8-14(18)10-4-5-12(16)11(15)7-10/h2-7,14,18H,8H2,1H3. The number of nitrogens with zero attached hydrogens (tertiary/aromatic N) is 1. The number of aliphatic hydroxyl groups is 1. The topological polar surface area (TPSA) is 33.1 Å². The molecule has 0 fully saturated rings. The minimum Gasteiger partial charge on any atom is -0.388 e. The van der Waals surface area contributed by atoms with Gasteiger partial charge in [-0.2, -0.15) is 0 Å². The van der Waals surface area contributed by atoms with Gasteiger partial charge < -0.3 is 5.11 Å². The molecular weight excluding hydrogens is 361 g/mol. The maximum atomic E-state index is 10.2. The first-order chi connectivity index (χ1) is 8.58. The van der Waals surface area contributed by atoms with Crippen molar-refractivity contribution < 1.29 is 5.11 Å². The molecule has 0 spiro atoms. The molecule has 0 radical (unpaired) electrons. The van der Waals surface area contributed by atoms with E-state index in [1.807, 2.05) is 37.3 Å². The van der Waals surface area contributed by atoms with E-state index in [9.17, 15) is 5.11 Å². The summed E-state index contributed by atoms with van der Waals surface area (Å²) in [5, 5.41) is 10.9. The van der Waals surface area contributed by atoms with Gasteiger partial charge in [-0.3, -0.25) is 4.98 Å². The summed E-state index contributed by atoms with van der Waals surface area (Å²) in [4.78, 5) is 4.29. The molecule has 0 saturated carbocycles. The van der Waals surface area contributed by atoms with Crippen molar-refractivity contribution in [1.29, 1.82) is 0 Å². The second-order valence-corrected chi connectivity index (χ2v) is 5.73. The van der Waals surface area contributed by atoms with Crippen LogP contribution in [0.2, 0.25) is 5.02 Å². The first-order valence-corrected chi connectivity index (χ1v) is 7.07. The van der Waals surface area contributed by atoms with Gasteiger partial charge in [0.1, 0.15) is 0 Å². The smallest absolute Gasteiger partial charge is 0.0846 e. The molecule has 1 heterocycles. The van der Waals surface area contributed by atoms with Crippen LogP contribution in [-0.4, -0.2) is 10.1 Å². The average Bonchev–Trinajstić information content (AvgIpc) is 2.35. The summed E-state index contributed by atoms with van der Waals surface area (Å²) in [6.45, 7) is 2.00. The summed E-state index contributed by atoms with van der Waals surface area (Å²) in [5.74, 6) is 0. The predicted molar refractivity (Wildman–Crippen MR) is 81.8 cm³/mol. The lowest BCUT2D eigenvalue weighted by Crippen LogP contribution is -2.05. The summed E-state index contributed by atoms with van der Waals surface area (Å²) in [6, 6.07) is 9.51. The molecule has 0 bridgehead atoms. The Balaban J connectivity index is 2.19. The molecule has 1 unspecified atom stereocenters. The van der Waals surface area contributed by atoms with Gasteiger partial charge in [0.15, 0.2) is 0 Å². The van der Waals surface area contributed by atoms with Crippen LogP contribution in [0.3, 0.4) is 0 Å². The van der Waals surface area contributed by atoms with Crippen LogP contribution >= 0.6 is 34.2 Å². The number of hydrogen-bond acceptors (Lipinski definition) is 2. The molecule has 1 atom stereocenters. The van der Waals surface area contributed by atoms with Gasteiger partial charge in [0.25, 0.3) is 0 Å². The lowest BCUT2D eigenvalue weighted by Gasteiger charge is -2.12. The van der Waals surface area contributed by atoms with E-state index in [1.54, 1.807) is 6.20 Å². The molecule has 2 aromatic rings. The number of rotatable bonds is 3. The lowest BCUT2D eigenvalue weighted by atomic mass is 10.0. The van der Waals surface area contributed by atoms with Gasteiger partial charge in [0.2, 0.25) is 0 Å². The highest BCUT2D eigenvalue weighted by atomic mass is 127. The highest BCUT2D eigenvalue weighted by molar-refractivity contribution is 14.1. The van der Waals surface area contributed by atoms with Crippen molar-refractivity contribution in [2.45, 2.75) is 19.4 Å². The Labute approximate surface area is 125 Å². The van der Waals surface area contributed by atoms with Crippen LogP contribution < -0.4 is 0 Å². The Bertz CT molecular complexity index is 559. The van der Waals surface area contributed by atoms with Gasteiger partial charge >= 0.3 is 0 Å². The van der Waals surface area contributed by atoms with Crippen molar-refractivity contribution in [2.24, 2.45) is 0 Å². The van der Waals surface area contributed by atoms with Crippen LogP contribution in [-0.2, 0) is 6.42 Å². The van der Waals surface area contributed by atoms with Crippen LogP contribution in [0, 0.1) is 10.5 Å². The number of hydrogen-bond donors (Lipinski definition) is 1. The predicted octanol–water partition coefficient (Wildman–Crippen LogP) is 3.92. The van der Waals surface area contributed by atoms with Crippen molar-refractivity contribution in [3.63, 3.8) is 0 Å². The maximum absolute atomic E-state index is 10.2. The summed E-state index contributed by atoms with van der Waals surface area (Å²) >= 11 is 8.23. The monoisotopic (exact) mass is 373 g/mol. The third-order valence-electron chi connectivity index (χ3n) is 2.83. The molecule has 0 aliphatic heterocycles. The summed E-state index contributed by atoms with van der Waals surface area (Å²) in [5.41, 5.74) is 2.83. The fourth-order valence-corrected chi connectivity index (χ4v) is 2.28. The van der Waals surface area contributed by atoms with E-state index in [0.717, 1.165) is 20.4 Å². The molecule has 2 rings (SSSR count). The van der Waals surface area contributed by atoms with E-state index in [1.165, 1.54) is 0 Å². The third-order valence-corrected chi connectivity index (χ3v) is 4.41. The van der Waals surface area contributed by atoms with E-state index in [-0.39, 0.29) is 0 Å². The van der Waals surface area contributed by atoms with E-state index in [4.69, 9.17) is 11.6 Å². The Morgan fingerprint density at radius 1 is 1.39 bits per heavy atom. The van der Waals surface area contributed by atoms with Crippen LogP contribution in [0.4, 0.5) is 0 Å². The minimum absolute atomic E-state index is 0.504.